The van der Waals surface area contributed by atoms with E-state index in [-0.39, 0.29) is 28.1 Å². The minimum Gasteiger partial charge on any atom is -0.431 e. The number of nitrogens with zero attached hydrogens (tertiary/aromatic N) is 3. The van der Waals surface area contributed by atoms with Crippen LogP contribution in [0.25, 0.3) is 0 Å². The predicted octanol–water partition coefficient (Wildman–Crippen LogP) is 2.76. The number of nitrogens with one attached hydrogen (secondary N) is 2. The molecule has 2 aromatic heterocycles. The molecule has 0 unspecified atom stereocenters. The minimum absolute atomic E-state index is 0.0626. The molecule has 2 amide bonds. The van der Waals surface area contributed by atoms with E-state index in [0.717, 1.165) is 12.3 Å². The zero-order valence-corrected chi connectivity index (χ0v) is 13.1. The fourth-order valence-corrected chi connectivity index (χ4v) is 1.96. The summed E-state index contributed by atoms with van der Waals surface area (Å²) < 4.78 is 18.1. The minimum atomic E-state index is -0.619. The average molecular weight is 362 g/mol. The summed E-state index contributed by atoms with van der Waals surface area (Å²) >= 11 is 5.64. The Kier molecular flexibility index (Phi) is 4.66. The topological polar surface area (TPSA) is 110 Å². The Bertz CT molecular complexity index is 932. The molecule has 0 fully saturated rings. The lowest BCUT2D eigenvalue weighted by molar-refractivity contribution is 0.101. The van der Waals surface area contributed by atoms with Crippen molar-refractivity contribution in [1.82, 2.24) is 15.0 Å². The first-order valence-corrected chi connectivity index (χ1v) is 7.20. The number of halogens is 2. The second kappa shape index (κ2) is 7.05. The summed E-state index contributed by atoms with van der Waals surface area (Å²) in [6, 6.07) is 3.53. The highest BCUT2D eigenvalue weighted by Gasteiger charge is 2.16. The maximum atomic E-state index is 13.1. The van der Waals surface area contributed by atoms with Gasteiger partial charge in [-0.2, -0.15) is 4.98 Å². The van der Waals surface area contributed by atoms with E-state index in [2.05, 4.69) is 25.6 Å². The molecule has 0 aliphatic carbocycles. The number of hydrogen-bond acceptors (Lipinski definition) is 6. The number of hydrogen-bond donors (Lipinski definition) is 2. The fourth-order valence-electron chi connectivity index (χ4n) is 1.78. The molecule has 8 nitrogen and oxygen atoms in total. The molecule has 0 radical (unpaired) electrons. The van der Waals surface area contributed by atoms with Crippen LogP contribution in [0.1, 0.15) is 21.0 Å². The Morgan fingerprint density at radius 3 is 2.64 bits per heavy atom. The van der Waals surface area contributed by atoms with Crippen LogP contribution in [0.5, 0.6) is 0 Å². The van der Waals surface area contributed by atoms with E-state index in [4.69, 9.17) is 16.0 Å². The largest absolute Gasteiger partial charge is 0.431 e. The normalized spacial score (nSPS) is 10.3. The van der Waals surface area contributed by atoms with E-state index >= 15 is 0 Å². The maximum Gasteiger partial charge on any atom is 0.302 e. The van der Waals surface area contributed by atoms with Crippen LogP contribution >= 0.6 is 11.6 Å². The molecule has 0 saturated carbocycles. The molecule has 25 heavy (non-hydrogen) atoms. The van der Waals surface area contributed by atoms with Crippen LogP contribution in [-0.4, -0.2) is 26.8 Å². The Labute approximate surface area is 145 Å². The number of carbonyl (C=O) groups is 2. The van der Waals surface area contributed by atoms with E-state index in [9.17, 15) is 14.0 Å². The summed E-state index contributed by atoms with van der Waals surface area (Å²) in [5, 5.41) is 4.69. The highest BCUT2D eigenvalue weighted by atomic mass is 35.5. The van der Waals surface area contributed by atoms with Gasteiger partial charge in [-0.05, 0) is 18.2 Å². The van der Waals surface area contributed by atoms with E-state index in [1.807, 2.05) is 0 Å². The summed E-state index contributed by atoms with van der Waals surface area (Å²) in [7, 11) is 0. The van der Waals surface area contributed by atoms with E-state index < -0.39 is 17.6 Å². The molecule has 0 aliphatic heterocycles. The van der Waals surface area contributed by atoms with Crippen molar-refractivity contribution < 1.29 is 18.4 Å². The number of oxazole rings is 1. The number of benzene rings is 1. The van der Waals surface area contributed by atoms with Crippen LogP contribution in [0.2, 0.25) is 5.02 Å². The Morgan fingerprint density at radius 1 is 1.12 bits per heavy atom. The summed E-state index contributed by atoms with van der Waals surface area (Å²) in [5.41, 5.74) is 0.257. The highest BCUT2D eigenvalue weighted by Crippen LogP contribution is 2.20. The van der Waals surface area contributed by atoms with Gasteiger partial charge in [-0.3, -0.25) is 19.9 Å². The molecule has 0 atom stereocenters. The molecule has 10 heteroatoms. The van der Waals surface area contributed by atoms with Gasteiger partial charge in [0, 0.05) is 18.1 Å². The molecule has 3 rings (SSSR count). The molecular weight excluding hydrogens is 353 g/mol. The van der Waals surface area contributed by atoms with Gasteiger partial charge in [0.25, 0.3) is 11.8 Å². The van der Waals surface area contributed by atoms with Gasteiger partial charge < -0.3 is 9.73 Å². The molecule has 3 aromatic rings. The first-order chi connectivity index (χ1) is 12.0. The summed E-state index contributed by atoms with van der Waals surface area (Å²) in [4.78, 5) is 35.4. The summed E-state index contributed by atoms with van der Waals surface area (Å²) in [6.45, 7) is 0. The second-order valence-corrected chi connectivity index (χ2v) is 5.07. The van der Waals surface area contributed by atoms with Crippen LogP contribution in [0.4, 0.5) is 16.1 Å². The standard InChI is InChI=1S/C15H9ClFN5O3/c16-9-5-8(1-2-10(9)17)20-14(24)12-7-25-15(21-12)22-13(23)11-6-18-3-4-19-11/h1-7H,(H,20,24)(H,21,22,23). The third-order valence-electron chi connectivity index (χ3n) is 2.93. The van der Waals surface area contributed by atoms with Crippen LogP contribution in [0.3, 0.4) is 0 Å². The van der Waals surface area contributed by atoms with Crippen molar-refractivity contribution in [3.63, 3.8) is 0 Å². The fraction of sp³-hybridized carbons (Fsp3) is 0. The molecule has 0 spiro atoms. The average Bonchev–Trinajstić information content (AvgIpc) is 3.07. The van der Waals surface area contributed by atoms with Crippen molar-refractivity contribution in [3.05, 3.63) is 65.3 Å². The number of amides is 2. The lowest BCUT2D eigenvalue weighted by Crippen LogP contribution is -2.15. The molecule has 2 heterocycles. The van der Waals surface area contributed by atoms with Crippen molar-refractivity contribution in [1.29, 1.82) is 0 Å². The van der Waals surface area contributed by atoms with Gasteiger partial charge in [0.05, 0.1) is 11.2 Å². The predicted molar refractivity (Wildman–Crippen MR) is 85.9 cm³/mol. The van der Waals surface area contributed by atoms with Crippen LogP contribution < -0.4 is 10.6 Å². The van der Waals surface area contributed by atoms with Gasteiger partial charge in [-0.25, -0.2) is 9.37 Å². The molecule has 1 aromatic carbocycles. The first-order valence-electron chi connectivity index (χ1n) is 6.82. The maximum absolute atomic E-state index is 13.1. The number of rotatable bonds is 4. The van der Waals surface area contributed by atoms with Gasteiger partial charge in [-0.1, -0.05) is 11.6 Å². The summed E-state index contributed by atoms with van der Waals surface area (Å²) in [5.74, 6) is -1.81. The van der Waals surface area contributed by atoms with E-state index in [1.54, 1.807) is 0 Å². The smallest absolute Gasteiger partial charge is 0.302 e. The molecule has 0 aliphatic rings. The van der Waals surface area contributed by atoms with Crippen molar-refractivity contribution in [2.75, 3.05) is 10.6 Å². The Hall–Kier alpha value is -3.33. The van der Waals surface area contributed by atoms with Crippen molar-refractivity contribution in [2.24, 2.45) is 0 Å². The molecule has 126 valence electrons. The summed E-state index contributed by atoms with van der Waals surface area (Å²) in [6.07, 6.45) is 5.11. The zero-order chi connectivity index (χ0) is 17.8. The zero-order valence-electron chi connectivity index (χ0n) is 12.4. The SMILES string of the molecule is O=C(Nc1ccc(F)c(Cl)c1)c1coc(NC(=O)c2cnccn2)n1. The quantitative estimate of drug-likeness (QED) is 0.739. The molecule has 0 saturated heterocycles. The number of carbonyl (C=O) groups excluding carboxylic acids is 2. The lowest BCUT2D eigenvalue weighted by atomic mass is 10.3. The van der Waals surface area contributed by atoms with Gasteiger partial charge in [0.15, 0.2) is 5.69 Å². The van der Waals surface area contributed by atoms with Gasteiger partial charge in [-0.15, -0.1) is 0 Å². The monoisotopic (exact) mass is 361 g/mol. The lowest BCUT2D eigenvalue weighted by Gasteiger charge is -2.03. The third kappa shape index (κ3) is 3.96. The van der Waals surface area contributed by atoms with Gasteiger partial charge in [0.1, 0.15) is 17.8 Å². The van der Waals surface area contributed by atoms with Crippen LogP contribution in [0, 0.1) is 5.82 Å². The van der Waals surface area contributed by atoms with E-state index in [1.165, 1.54) is 30.7 Å². The van der Waals surface area contributed by atoms with Crippen molar-refractivity contribution in [2.45, 2.75) is 0 Å². The van der Waals surface area contributed by atoms with Gasteiger partial charge >= 0.3 is 6.01 Å². The van der Waals surface area contributed by atoms with Crippen molar-refractivity contribution >= 4 is 35.1 Å². The van der Waals surface area contributed by atoms with Crippen molar-refractivity contribution in [3.8, 4) is 0 Å². The van der Waals surface area contributed by atoms with E-state index in [0.29, 0.717) is 0 Å². The van der Waals surface area contributed by atoms with Crippen LogP contribution in [-0.2, 0) is 0 Å². The number of aromatic nitrogens is 3. The second-order valence-electron chi connectivity index (χ2n) is 4.67. The molecule has 0 bridgehead atoms. The number of anilines is 2. The van der Waals surface area contributed by atoms with Gasteiger partial charge in [0.2, 0.25) is 0 Å². The molecular formula is C15H9ClFN5O3. The Morgan fingerprint density at radius 2 is 1.92 bits per heavy atom. The molecule has 2 N–H and O–H groups in total. The third-order valence-corrected chi connectivity index (χ3v) is 3.22. The van der Waals surface area contributed by atoms with Crippen LogP contribution in [0.15, 0.2) is 47.5 Å². The Balaban J connectivity index is 1.67. The first kappa shape index (κ1) is 16.5. The highest BCUT2D eigenvalue weighted by molar-refractivity contribution is 6.31.